The molecule has 0 spiro atoms. The lowest BCUT2D eigenvalue weighted by molar-refractivity contribution is 0.0758. The van der Waals surface area contributed by atoms with Crippen molar-refractivity contribution in [2.45, 2.75) is 13.5 Å². The fourth-order valence-electron chi connectivity index (χ4n) is 3.55. The van der Waals surface area contributed by atoms with E-state index in [1.807, 2.05) is 42.2 Å². The monoisotopic (exact) mass is 435 g/mol. The molecule has 0 N–H and O–H groups in total. The number of para-hydroxylation sites is 1. The maximum Gasteiger partial charge on any atom is 0.256 e. The van der Waals surface area contributed by atoms with E-state index in [4.69, 9.17) is 0 Å². The minimum atomic E-state index is -0.910. The van der Waals surface area contributed by atoms with Crippen LogP contribution in [0, 0.1) is 11.6 Å². The van der Waals surface area contributed by atoms with Gasteiger partial charge in [-0.2, -0.15) is 5.10 Å². The second-order valence-electron chi connectivity index (χ2n) is 7.30. The highest BCUT2D eigenvalue weighted by Gasteiger charge is 2.20. The number of hydrogen-bond donors (Lipinski definition) is 0. The average Bonchev–Trinajstić information content (AvgIpc) is 3.31. The number of likely N-dealkylation sites (N-methyl/N-ethyl adjacent to an activating group) is 1. The molecule has 1 amide bonds. The Kier molecular flexibility index (Phi) is 6.39. The third kappa shape index (κ3) is 4.59. The van der Waals surface area contributed by atoms with E-state index in [0.717, 1.165) is 17.8 Å². The van der Waals surface area contributed by atoms with Crippen molar-refractivity contribution < 1.29 is 13.6 Å². The number of nitrogens with zero attached hydrogens (tertiary/aromatic N) is 5. The van der Waals surface area contributed by atoms with E-state index < -0.39 is 11.6 Å². The van der Waals surface area contributed by atoms with Gasteiger partial charge in [-0.25, -0.2) is 13.8 Å². The molecule has 0 saturated carbocycles. The van der Waals surface area contributed by atoms with Gasteiger partial charge in [-0.1, -0.05) is 12.1 Å². The summed E-state index contributed by atoms with van der Waals surface area (Å²) in [5.74, 6) is -1.87. The molecule has 2 aromatic carbocycles. The predicted octanol–water partition coefficient (Wildman–Crippen LogP) is 4.35. The summed E-state index contributed by atoms with van der Waals surface area (Å²) in [6, 6.07) is 12.9. The molecule has 2 heterocycles. The van der Waals surface area contributed by atoms with Gasteiger partial charge in [-0.05, 0) is 49.4 Å². The van der Waals surface area contributed by atoms with Crippen LogP contribution in [0.5, 0.6) is 0 Å². The Labute approximate surface area is 185 Å². The van der Waals surface area contributed by atoms with Gasteiger partial charge in [-0.15, -0.1) is 0 Å². The zero-order chi connectivity index (χ0) is 22.5. The number of carbonyl (C=O) groups excluding carboxylic acids is 1. The highest BCUT2D eigenvalue weighted by atomic mass is 19.2. The Balaban J connectivity index is 1.46. The number of aliphatic imine (C=N–C) groups is 1. The van der Waals surface area contributed by atoms with Crippen LogP contribution < -0.4 is 4.90 Å². The van der Waals surface area contributed by atoms with Crippen LogP contribution in [-0.2, 0) is 6.54 Å². The van der Waals surface area contributed by atoms with E-state index in [2.05, 4.69) is 10.1 Å². The molecular weight excluding hydrogens is 412 g/mol. The lowest BCUT2D eigenvalue weighted by atomic mass is 10.1. The van der Waals surface area contributed by atoms with Gasteiger partial charge in [0.2, 0.25) is 0 Å². The number of amides is 1. The first kappa shape index (κ1) is 21.4. The minimum Gasteiger partial charge on any atom is -0.337 e. The van der Waals surface area contributed by atoms with Crippen molar-refractivity contribution >= 4 is 17.9 Å². The van der Waals surface area contributed by atoms with Crippen LogP contribution >= 0.6 is 0 Å². The summed E-state index contributed by atoms with van der Waals surface area (Å²) < 4.78 is 28.4. The first-order valence-corrected chi connectivity index (χ1v) is 10.4. The molecule has 0 unspecified atom stereocenters. The number of carbonyl (C=O) groups is 1. The van der Waals surface area contributed by atoms with Gasteiger partial charge in [-0.3, -0.25) is 9.48 Å². The third-order valence-corrected chi connectivity index (χ3v) is 5.27. The fraction of sp³-hybridized carbons (Fsp3) is 0.208. The van der Waals surface area contributed by atoms with Crippen molar-refractivity contribution in [3.63, 3.8) is 0 Å². The molecule has 3 aromatic rings. The standard InChI is InChI=1S/C24H23F2N5O/c1-2-29(24(32)19-6-3-4-7-23(19)30-12-5-11-27-17-30)14-15-31-13-10-22(28-31)18-8-9-20(25)21(26)16-18/h3-11,13,16-17H,2,12,14-15H2,1H3. The summed E-state index contributed by atoms with van der Waals surface area (Å²) in [7, 11) is 0. The summed E-state index contributed by atoms with van der Waals surface area (Å²) in [5, 5.41) is 4.44. The lowest BCUT2D eigenvalue weighted by Gasteiger charge is -2.26. The number of halogens is 2. The Hall–Kier alpha value is -3.81. The number of aromatic nitrogens is 2. The summed E-state index contributed by atoms with van der Waals surface area (Å²) in [6.45, 7) is 4.05. The van der Waals surface area contributed by atoms with Crippen LogP contribution in [0.4, 0.5) is 14.5 Å². The first-order valence-electron chi connectivity index (χ1n) is 10.4. The van der Waals surface area contributed by atoms with Crippen LogP contribution in [0.25, 0.3) is 11.3 Å². The highest BCUT2D eigenvalue weighted by Crippen LogP contribution is 2.23. The van der Waals surface area contributed by atoms with E-state index in [1.165, 1.54) is 6.07 Å². The van der Waals surface area contributed by atoms with Crippen LogP contribution in [0.1, 0.15) is 17.3 Å². The molecule has 0 atom stereocenters. The summed E-state index contributed by atoms with van der Waals surface area (Å²) >= 11 is 0. The van der Waals surface area contributed by atoms with E-state index in [0.29, 0.717) is 43.0 Å². The molecule has 0 fully saturated rings. The van der Waals surface area contributed by atoms with Crippen LogP contribution in [-0.4, -0.2) is 46.6 Å². The maximum atomic E-state index is 13.5. The van der Waals surface area contributed by atoms with E-state index >= 15 is 0 Å². The largest absolute Gasteiger partial charge is 0.337 e. The van der Waals surface area contributed by atoms with Crippen molar-refractivity contribution in [3.8, 4) is 11.3 Å². The molecule has 0 radical (unpaired) electrons. The van der Waals surface area contributed by atoms with E-state index in [1.54, 1.807) is 34.4 Å². The molecule has 4 rings (SSSR count). The number of anilines is 1. The third-order valence-electron chi connectivity index (χ3n) is 5.27. The van der Waals surface area contributed by atoms with Gasteiger partial charge in [0, 0.05) is 37.6 Å². The predicted molar refractivity (Wildman–Crippen MR) is 121 cm³/mol. The van der Waals surface area contributed by atoms with Crippen LogP contribution in [0.2, 0.25) is 0 Å². The lowest BCUT2D eigenvalue weighted by Crippen LogP contribution is -2.35. The second-order valence-corrected chi connectivity index (χ2v) is 7.30. The number of hydrogen-bond acceptors (Lipinski definition) is 4. The van der Waals surface area contributed by atoms with Gasteiger partial charge in [0.05, 0.1) is 29.8 Å². The molecule has 1 aliphatic heterocycles. The molecule has 1 aromatic heterocycles. The van der Waals surface area contributed by atoms with Crippen molar-refractivity contribution in [2.75, 3.05) is 24.5 Å². The van der Waals surface area contributed by atoms with E-state index in [-0.39, 0.29) is 5.91 Å². The van der Waals surface area contributed by atoms with Crippen molar-refractivity contribution in [1.82, 2.24) is 14.7 Å². The van der Waals surface area contributed by atoms with Gasteiger partial charge in [0.15, 0.2) is 11.6 Å². The molecule has 6 nitrogen and oxygen atoms in total. The quantitative estimate of drug-likeness (QED) is 0.554. The molecule has 0 bridgehead atoms. The summed E-state index contributed by atoms with van der Waals surface area (Å²) in [5.41, 5.74) is 2.46. The highest BCUT2D eigenvalue weighted by molar-refractivity contribution is 6.02. The average molecular weight is 435 g/mol. The van der Waals surface area contributed by atoms with Crippen LogP contribution in [0.15, 0.2) is 72.0 Å². The minimum absolute atomic E-state index is 0.0703. The molecule has 32 heavy (non-hydrogen) atoms. The molecule has 1 aliphatic rings. The zero-order valence-electron chi connectivity index (χ0n) is 17.7. The van der Waals surface area contributed by atoms with Crippen molar-refractivity contribution in [1.29, 1.82) is 0 Å². The molecular formula is C24H23F2N5O. The number of benzene rings is 2. The SMILES string of the molecule is CCN(CCn1ccc(-c2ccc(F)c(F)c2)n1)C(=O)c1ccccc1N1C=NC=CC1. The molecule has 164 valence electrons. The van der Waals surface area contributed by atoms with Crippen molar-refractivity contribution in [2.24, 2.45) is 4.99 Å². The fourth-order valence-corrected chi connectivity index (χ4v) is 3.55. The van der Waals surface area contributed by atoms with Gasteiger partial charge in [0.1, 0.15) is 0 Å². The molecule has 0 saturated heterocycles. The van der Waals surface area contributed by atoms with Gasteiger partial charge < -0.3 is 9.80 Å². The Morgan fingerprint density at radius 2 is 1.97 bits per heavy atom. The van der Waals surface area contributed by atoms with Crippen molar-refractivity contribution in [3.05, 3.63) is 84.2 Å². The van der Waals surface area contributed by atoms with Crippen LogP contribution in [0.3, 0.4) is 0 Å². The van der Waals surface area contributed by atoms with E-state index in [9.17, 15) is 13.6 Å². The topological polar surface area (TPSA) is 53.7 Å². The van der Waals surface area contributed by atoms with Gasteiger partial charge in [0.25, 0.3) is 5.91 Å². The summed E-state index contributed by atoms with van der Waals surface area (Å²) in [4.78, 5) is 21.1. The Morgan fingerprint density at radius 1 is 1.12 bits per heavy atom. The first-order chi connectivity index (χ1) is 15.6. The molecule has 8 heteroatoms. The van der Waals surface area contributed by atoms with Gasteiger partial charge >= 0.3 is 0 Å². The molecule has 0 aliphatic carbocycles. The maximum absolute atomic E-state index is 13.5. The zero-order valence-corrected chi connectivity index (χ0v) is 17.7. The normalized spacial score (nSPS) is 12.9. The Morgan fingerprint density at radius 3 is 2.72 bits per heavy atom. The second kappa shape index (κ2) is 9.55. The number of rotatable bonds is 7. The summed E-state index contributed by atoms with van der Waals surface area (Å²) in [6.07, 6.45) is 7.14. The smallest absolute Gasteiger partial charge is 0.256 e. The Bertz CT molecular complexity index is 1170.